The topological polar surface area (TPSA) is 29.1 Å². The van der Waals surface area contributed by atoms with Crippen molar-refractivity contribution in [3.8, 4) is 0 Å². The highest BCUT2D eigenvalue weighted by molar-refractivity contribution is 8.00. The molecule has 20 heavy (non-hydrogen) atoms. The SMILES string of the molecule is CC[C@@H](NC(=O)CSc1ccccc1)c1ccccc1. The quantitative estimate of drug-likeness (QED) is 0.811. The van der Waals surface area contributed by atoms with E-state index in [1.165, 1.54) is 0 Å². The first-order chi connectivity index (χ1) is 9.79. The van der Waals surface area contributed by atoms with Crippen molar-refractivity contribution in [3.63, 3.8) is 0 Å². The molecule has 0 aliphatic heterocycles. The molecule has 104 valence electrons. The third-order valence-electron chi connectivity index (χ3n) is 3.06. The number of benzene rings is 2. The van der Waals surface area contributed by atoms with Gasteiger partial charge in [0.1, 0.15) is 0 Å². The van der Waals surface area contributed by atoms with E-state index in [-0.39, 0.29) is 11.9 Å². The van der Waals surface area contributed by atoms with Crippen LogP contribution in [-0.2, 0) is 4.79 Å². The maximum atomic E-state index is 12.0. The summed E-state index contributed by atoms with van der Waals surface area (Å²) in [6.07, 6.45) is 0.895. The molecule has 3 heteroatoms. The third kappa shape index (κ3) is 4.42. The van der Waals surface area contributed by atoms with Gasteiger partial charge in [-0.25, -0.2) is 0 Å². The minimum absolute atomic E-state index is 0.0783. The van der Waals surface area contributed by atoms with Crippen LogP contribution in [0.4, 0.5) is 0 Å². The van der Waals surface area contributed by atoms with Gasteiger partial charge in [-0.15, -0.1) is 11.8 Å². The Morgan fingerprint density at radius 2 is 1.65 bits per heavy atom. The molecule has 0 saturated heterocycles. The van der Waals surface area contributed by atoms with Crippen LogP contribution in [0.2, 0.25) is 0 Å². The largest absolute Gasteiger partial charge is 0.349 e. The molecule has 1 atom stereocenters. The number of carbonyl (C=O) groups is 1. The van der Waals surface area contributed by atoms with Crippen molar-refractivity contribution in [2.24, 2.45) is 0 Å². The second kappa shape index (κ2) is 7.75. The van der Waals surface area contributed by atoms with Crippen LogP contribution in [0, 0.1) is 0 Å². The summed E-state index contributed by atoms with van der Waals surface area (Å²) in [7, 11) is 0. The van der Waals surface area contributed by atoms with Crippen LogP contribution in [0.25, 0.3) is 0 Å². The van der Waals surface area contributed by atoms with E-state index in [1.54, 1.807) is 11.8 Å². The first kappa shape index (κ1) is 14.7. The smallest absolute Gasteiger partial charge is 0.230 e. The zero-order valence-corrected chi connectivity index (χ0v) is 12.4. The van der Waals surface area contributed by atoms with Crippen molar-refractivity contribution in [2.75, 3.05) is 5.75 Å². The number of hydrogen-bond acceptors (Lipinski definition) is 2. The van der Waals surface area contributed by atoms with Crippen molar-refractivity contribution in [3.05, 3.63) is 66.2 Å². The van der Waals surface area contributed by atoms with Gasteiger partial charge in [-0.1, -0.05) is 55.5 Å². The molecule has 0 saturated carbocycles. The van der Waals surface area contributed by atoms with E-state index in [2.05, 4.69) is 24.4 Å². The highest BCUT2D eigenvalue weighted by Gasteiger charge is 2.12. The van der Waals surface area contributed by atoms with Crippen molar-refractivity contribution in [2.45, 2.75) is 24.3 Å². The first-order valence-electron chi connectivity index (χ1n) is 6.81. The van der Waals surface area contributed by atoms with E-state index in [0.29, 0.717) is 5.75 Å². The van der Waals surface area contributed by atoms with Crippen LogP contribution in [0.15, 0.2) is 65.6 Å². The Kier molecular flexibility index (Phi) is 5.69. The number of carbonyl (C=O) groups excluding carboxylic acids is 1. The van der Waals surface area contributed by atoms with Crippen LogP contribution in [0.1, 0.15) is 24.9 Å². The van der Waals surface area contributed by atoms with Gasteiger partial charge in [0.2, 0.25) is 5.91 Å². The van der Waals surface area contributed by atoms with Crippen LogP contribution < -0.4 is 5.32 Å². The van der Waals surface area contributed by atoms with E-state index in [1.807, 2.05) is 48.5 Å². The van der Waals surface area contributed by atoms with Gasteiger partial charge in [0.25, 0.3) is 0 Å². The van der Waals surface area contributed by atoms with Crippen molar-refractivity contribution in [1.82, 2.24) is 5.32 Å². The lowest BCUT2D eigenvalue weighted by molar-refractivity contribution is -0.119. The lowest BCUT2D eigenvalue weighted by atomic mass is 10.0. The number of hydrogen-bond donors (Lipinski definition) is 1. The fraction of sp³-hybridized carbons (Fsp3) is 0.235. The van der Waals surface area contributed by atoms with Gasteiger partial charge in [-0.3, -0.25) is 4.79 Å². The summed E-state index contributed by atoms with van der Waals surface area (Å²) < 4.78 is 0. The normalized spacial score (nSPS) is 11.8. The zero-order chi connectivity index (χ0) is 14.2. The molecule has 1 amide bonds. The molecule has 1 N–H and O–H groups in total. The van der Waals surface area contributed by atoms with E-state index >= 15 is 0 Å². The van der Waals surface area contributed by atoms with Gasteiger partial charge in [0, 0.05) is 4.90 Å². The number of rotatable bonds is 6. The summed E-state index contributed by atoms with van der Waals surface area (Å²) in [5.41, 5.74) is 1.16. The molecule has 0 bridgehead atoms. The molecule has 2 aromatic carbocycles. The number of nitrogens with one attached hydrogen (secondary N) is 1. The van der Waals surface area contributed by atoms with Crippen LogP contribution in [0.5, 0.6) is 0 Å². The van der Waals surface area contributed by atoms with Gasteiger partial charge < -0.3 is 5.32 Å². The fourth-order valence-electron chi connectivity index (χ4n) is 2.01. The molecular formula is C17H19NOS. The Bertz CT molecular complexity index is 527. The predicted molar refractivity (Wildman–Crippen MR) is 84.8 cm³/mol. The van der Waals surface area contributed by atoms with E-state index in [0.717, 1.165) is 16.9 Å². The van der Waals surface area contributed by atoms with Crippen molar-refractivity contribution < 1.29 is 4.79 Å². The first-order valence-corrected chi connectivity index (χ1v) is 7.80. The number of thioether (sulfide) groups is 1. The Morgan fingerprint density at radius 1 is 1.05 bits per heavy atom. The third-order valence-corrected chi connectivity index (χ3v) is 4.07. The summed E-state index contributed by atoms with van der Waals surface area (Å²) in [6, 6.07) is 20.2. The Balaban J connectivity index is 1.87. The van der Waals surface area contributed by atoms with E-state index in [4.69, 9.17) is 0 Å². The van der Waals surface area contributed by atoms with Crippen molar-refractivity contribution >= 4 is 17.7 Å². The summed E-state index contributed by atoms with van der Waals surface area (Å²) in [5, 5.41) is 3.09. The molecular weight excluding hydrogens is 266 g/mol. The molecule has 2 nitrogen and oxygen atoms in total. The minimum atomic E-state index is 0.0783. The maximum Gasteiger partial charge on any atom is 0.230 e. The summed E-state index contributed by atoms with van der Waals surface area (Å²) in [6.45, 7) is 2.09. The molecule has 0 fully saturated rings. The average Bonchev–Trinajstić information content (AvgIpc) is 2.52. The maximum absolute atomic E-state index is 12.0. The van der Waals surface area contributed by atoms with Gasteiger partial charge in [0.15, 0.2) is 0 Å². The second-order valence-corrected chi connectivity index (χ2v) is 5.59. The molecule has 0 spiro atoms. The molecule has 0 unspecified atom stereocenters. The fourth-order valence-corrected chi connectivity index (χ4v) is 2.74. The van der Waals surface area contributed by atoms with Crippen LogP contribution in [-0.4, -0.2) is 11.7 Å². The standard InChI is InChI=1S/C17H19NOS/c1-2-16(14-9-5-3-6-10-14)18-17(19)13-20-15-11-7-4-8-12-15/h3-12,16H,2,13H2,1H3,(H,18,19)/t16-/m1/s1. The van der Waals surface area contributed by atoms with E-state index in [9.17, 15) is 4.79 Å². The van der Waals surface area contributed by atoms with Gasteiger partial charge in [0.05, 0.1) is 11.8 Å². The zero-order valence-electron chi connectivity index (χ0n) is 11.6. The molecule has 0 aliphatic carbocycles. The molecule has 2 rings (SSSR count). The average molecular weight is 285 g/mol. The van der Waals surface area contributed by atoms with E-state index < -0.39 is 0 Å². The minimum Gasteiger partial charge on any atom is -0.349 e. The lowest BCUT2D eigenvalue weighted by Crippen LogP contribution is -2.29. The van der Waals surface area contributed by atoms with Crippen LogP contribution >= 0.6 is 11.8 Å². The molecule has 0 aromatic heterocycles. The van der Waals surface area contributed by atoms with Crippen LogP contribution in [0.3, 0.4) is 0 Å². The molecule has 0 aliphatic rings. The monoisotopic (exact) mass is 285 g/mol. The number of amides is 1. The summed E-state index contributed by atoms with van der Waals surface area (Å²) in [4.78, 5) is 13.1. The summed E-state index contributed by atoms with van der Waals surface area (Å²) in [5.74, 6) is 0.530. The highest BCUT2D eigenvalue weighted by atomic mass is 32.2. The van der Waals surface area contributed by atoms with Crippen molar-refractivity contribution in [1.29, 1.82) is 0 Å². The Morgan fingerprint density at radius 3 is 2.25 bits per heavy atom. The second-order valence-electron chi connectivity index (χ2n) is 4.54. The van der Waals surface area contributed by atoms with Gasteiger partial charge >= 0.3 is 0 Å². The Labute approximate surface area is 124 Å². The molecule has 0 heterocycles. The van der Waals surface area contributed by atoms with Gasteiger partial charge in [-0.2, -0.15) is 0 Å². The molecule has 0 radical (unpaired) electrons. The molecule has 2 aromatic rings. The van der Waals surface area contributed by atoms with Gasteiger partial charge in [-0.05, 0) is 24.1 Å². The highest BCUT2D eigenvalue weighted by Crippen LogP contribution is 2.19. The Hall–Kier alpha value is -1.74. The summed E-state index contributed by atoms with van der Waals surface area (Å²) >= 11 is 1.56. The lowest BCUT2D eigenvalue weighted by Gasteiger charge is -2.17. The predicted octanol–water partition coefficient (Wildman–Crippen LogP) is 4.05.